The highest BCUT2D eigenvalue weighted by Gasteiger charge is 2.18. The maximum atomic E-state index is 10.8. The third-order valence-corrected chi connectivity index (χ3v) is 3.63. The van der Waals surface area contributed by atoms with Gasteiger partial charge in [0.15, 0.2) is 9.37 Å². The number of nitrogens with two attached hydrogens (primary N) is 1. The molecule has 0 aliphatic rings. The molecule has 0 spiro atoms. The van der Waals surface area contributed by atoms with Crippen molar-refractivity contribution >= 4 is 34.6 Å². The molecule has 9 heteroatoms. The van der Waals surface area contributed by atoms with Gasteiger partial charge in [0, 0.05) is 6.07 Å². The van der Waals surface area contributed by atoms with Gasteiger partial charge in [0.1, 0.15) is 10.8 Å². The summed E-state index contributed by atoms with van der Waals surface area (Å²) in [6.45, 7) is 1.81. The van der Waals surface area contributed by atoms with Crippen LogP contribution in [0.4, 0.5) is 11.5 Å². The molecule has 17 heavy (non-hydrogen) atoms. The number of hydrogen-bond acceptors (Lipinski definition) is 8. The fourth-order valence-corrected chi connectivity index (χ4v) is 2.89. The highest BCUT2D eigenvalue weighted by Crippen LogP contribution is 2.34. The number of hydrogen-bond donors (Lipinski definition) is 1. The van der Waals surface area contributed by atoms with Gasteiger partial charge < -0.3 is 5.73 Å². The Hall–Kier alpha value is -1.74. The van der Waals surface area contributed by atoms with E-state index in [1.165, 1.54) is 23.5 Å². The number of anilines is 1. The normalized spacial score (nSPS) is 10.4. The van der Waals surface area contributed by atoms with E-state index in [2.05, 4.69) is 15.2 Å². The van der Waals surface area contributed by atoms with Gasteiger partial charge in [-0.05, 0) is 24.8 Å². The molecule has 0 atom stereocenters. The Bertz CT molecular complexity index is 571. The number of aromatic nitrogens is 3. The highest BCUT2D eigenvalue weighted by atomic mass is 32.2. The fraction of sp³-hybridized carbons (Fsp3) is 0.125. The van der Waals surface area contributed by atoms with E-state index in [9.17, 15) is 10.1 Å². The molecule has 2 heterocycles. The summed E-state index contributed by atoms with van der Waals surface area (Å²) in [5.41, 5.74) is 5.42. The van der Waals surface area contributed by atoms with Crippen molar-refractivity contribution < 1.29 is 4.92 Å². The van der Waals surface area contributed by atoms with Gasteiger partial charge in [-0.25, -0.2) is 4.98 Å². The predicted molar refractivity (Wildman–Crippen MR) is 64.1 cm³/mol. The van der Waals surface area contributed by atoms with E-state index in [0.717, 1.165) is 16.8 Å². The molecule has 2 rings (SSSR count). The van der Waals surface area contributed by atoms with Crippen LogP contribution in [-0.2, 0) is 0 Å². The SMILES string of the molecule is Cc1nnc(Sc2nc(N)ccc2[N+](=O)[O-])s1. The minimum absolute atomic E-state index is 0.0861. The van der Waals surface area contributed by atoms with Gasteiger partial charge in [-0.15, -0.1) is 10.2 Å². The zero-order valence-electron chi connectivity index (χ0n) is 8.65. The number of rotatable bonds is 3. The number of pyridine rings is 1. The van der Waals surface area contributed by atoms with Crippen molar-refractivity contribution in [2.45, 2.75) is 16.3 Å². The maximum Gasteiger partial charge on any atom is 0.301 e. The van der Waals surface area contributed by atoms with Crippen molar-refractivity contribution in [2.24, 2.45) is 0 Å². The van der Waals surface area contributed by atoms with Crippen molar-refractivity contribution in [3.05, 3.63) is 27.3 Å². The lowest BCUT2D eigenvalue weighted by Crippen LogP contribution is -1.97. The van der Waals surface area contributed by atoms with Crippen molar-refractivity contribution in [1.29, 1.82) is 0 Å². The second-order valence-corrected chi connectivity index (χ2v) is 5.42. The molecule has 2 N–H and O–H groups in total. The molecule has 0 fully saturated rings. The molecular weight excluding hydrogens is 262 g/mol. The summed E-state index contributed by atoms with van der Waals surface area (Å²) in [5, 5.41) is 19.5. The van der Waals surface area contributed by atoms with E-state index in [4.69, 9.17) is 5.73 Å². The molecule has 2 aromatic rings. The average Bonchev–Trinajstić information content (AvgIpc) is 2.63. The van der Waals surface area contributed by atoms with Crippen LogP contribution in [0.1, 0.15) is 5.01 Å². The maximum absolute atomic E-state index is 10.8. The van der Waals surface area contributed by atoms with Gasteiger partial charge >= 0.3 is 5.69 Å². The molecule has 0 aliphatic carbocycles. The van der Waals surface area contributed by atoms with E-state index in [1.807, 2.05) is 6.92 Å². The van der Waals surface area contributed by atoms with Gasteiger partial charge in [-0.3, -0.25) is 10.1 Å². The van der Waals surface area contributed by atoms with Crippen molar-refractivity contribution in [3.8, 4) is 0 Å². The first kappa shape index (κ1) is 11.7. The number of aryl methyl sites for hydroxylation is 1. The molecule has 0 amide bonds. The number of nitrogen functional groups attached to an aromatic ring is 1. The molecule has 0 aliphatic heterocycles. The Morgan fingerprint density at radius 3 is 2.82 bits per heavy atom. The smallest absolute Gasteiger partial charge is 0.301 e. The summed E-state index contributed by atoms with van der Waals surface area (Å²) in [6, 6.07) is 2.73. The Morgan fingerprint density at radius 1 is 1.47 bits per heavy atom. The Morgan fingerprint density at radius 2 is 2.24 bits per heavy atom. The summed E-state index contributed by atoms with van der Waals surface area (Å²) >= 11 is 2.44. The molecule has 0 saturated carbocycles. The zero-order chi connectivity index (χ0) is 12.4. The minimum Gasteiger partial charge on any atom is -0.384 e. The van der Waals surface area contributed by atoms with Crippen molar-refractivity contribution in [3.63, 3.8) is 0 Å². The summed E-state index contributed by atoms with van der Waals surface area (Å²) in [5.74, 6) is 0.235. The van der Waals surface area contributed by atoms with Crippen LogP contribution in [0, 0.1) is 17.0 Å². The van der Waals surface area contributed by atoms with Crippen molar-refractivity contribution in [2.75, 3.05) is 5.73 Å². The number of nitrogens with zero attached hydrogens (tertiary/aromatic N) is 4. The topological polar surface area (TPSA) is 108 Å². The third kappa shape index (κ3) is 2.68. The van der Waals surface area contributed by atoms with Crippen LogP contribution in [-0.4, -0.2) is 20.1 Å². The lowest BCUT2D eigenvalue weighted by Gasteiger charge is -1.99. The van der Waals surface area contributed by atoms with E-state index < -0.39 is 4.92 Å². The molecular formula is C8H7N5O2S2. The van der Waals surface area contributed by atoms with Gasteiger partial charge in [0.2, 0.25) is 0 Å². The molecule has 0 saturated heterocycles. The van der Waals surface area contributed by atoms with Gasteiger partial charge in [-0.2, -0.15) is 0 Å². The zero-order valence-corrected chi connectivity index (χ0v) is 10.3. The summed E-state index contributed by atoms with van der Waals surface area (Å²) in [4.78, 5) is 14.2. The first-order valence-electron chi connectivity index (χ1n) is 4.45. The molecule has 0 aromatic carbocycles. The first-order valence-corrected chi connectivity index (χ1v) is 6.08. The van der Waals surface area contributed by atoms with E-state index >= 15 is 0 Å². The van der Waals surface area contributed by atoms with Crippen LogP contribution in [0.5, 0.6) is 0 Å². The monoisotopic (exact) mass is 269 g/mol. The van der Waals surface area contributed by atoms with Crippen LogP contribution in [0.15, 0.2) is 21.5 Å². The van der Waals surface area contributed by atoms with Crippen molar-refractivity contribution in [1.82, 2.24) is 15.2 Å². The minimum atomic E-state index is -0.497. The average molecular weight is 269 g/mol. The molecule has 0 bridgehead atoms. The lowest BCUT2D eigenvalue weighted by atomic mass is 10.4. The largest absolute Gasteiger partial charge is 0.384 e. The van der Waals surface area contributed by atoms with Gasteiger partial charge in [0.25, 0.3) is 0 Å². The number of nitro groups is 1. The van der Waals surface area contributed by atoms with Crippen LogP contribution in [0.2, 0.25) is 0 Å². The van der Waals surface area contributed by atoms with Gasteiger partial charge in [-0.1, -0.05) is 11.3 Å². The molecule has 7 nitrogen and oxygen atoms in total. The Kier molecular flexibility index (Phi) is 3.20. The predicted octanol–water partition coefficient (Wildman–Crippen LogP) is 1.88. The Balaban J connectivity index is 2.37. The van der Waals surface area contributed by atoms with Crippen LogP contribution < -0.4 is 5.73 Å². The molecule has 2 aromatic heterocycles. The molecule has 88 valence electrons. The summed E-state index contributed by atoms with van der Waals surface area (Å²) in [7, 11) is 0. The quantitative estimate of drug-likeness (QED) is 0.669. The van der Waals surface area contributed by atoms with Crippen LogP contribution in [0.25, 0.3) is 0 Å². The van der Waals surface area contributed by atoms with Crippen LogP contribution >= 0.6 is 23.1 Å². The molecule has 0 radical (unpaired) electrons. The molecule has 0 unspecified atom stereocenters. The third-order valence-electron chi connectivity index (χ3n) is 1.75. The van der Waals surface area contributed by atoms with E-state index in [0.29, 0.717) is 4.34 Å². The summed E-state index contributed by atoms with van der Waals surface area (Å²) in [6.07, 6.45) is 0. The highest BCUT2D eigenvalue weighted by molar-refractivity contribution is 8.01. The lowest BCUT2D eigenvalue weighted by molar-refractivity contribution is -0.388. The fourth-order valence-electron chi connectivity index (χ4n) is 1.06. The first-order chi connectivity index (χ1) is 8.06. The second kappa shape index (κ2) is 4.63. The van der Waals surface area contributed by atoms with E-state index in [-0.39, 0.29) is 16.5 Å². The Labute approximate surface area is 104 Å². The standard InChI is InChI=1S/C8H7N5O2S2/c1-4-11-12-8(16-4)17-7-5(13(14)15)2-3-6(9)10-7/h2-3H,1H3,(H2,9,10). The van der Waals surface area contributed by atoms with E-state index in [1.54, 1.807) is 0 Å². The van der Waals surface area contributed by atoms with Gasteiger partial charge in [0.05, 0.1) is 4.92 Å². The second-order valence-electron chi connectivity index (χ2n) is 3.01. The summed E-state index contributed by atoms with van der Waals surface area (Å²) < 4.78 is 0.601. The van der Waals surface area contributed by atoms with Crippen LogP contribution in [0.3, 0.4) is 0 Å².